The van der Waals surface area contributed by atoms with E-state index in [-0.39, 0.29) is 0 Å². The highest BCUT2D eigenvalue weighted by Crippen LogP contribution is 2.11. The van der Waals surface area contributed by atoms with Crippen molar-refractivity contribution in [1.29, 1.82) is 0 Å². The Bertz CT molecular complexity index is 663. The number of thiazole rings is 1. The van der Waals surface area contributed by atoms with Crippen molar-refractivity contribution in [3.05, 3.63) is 27.8 Å². The maximum Gasteiger partial charge on any atom is 0.226 e. The number of aromatic nitrogens is 3. The van der Waals surface area contributed by atoms with Crippen LogP contribution >= 0.6 is 11.3 Å². The summed E-state index contributed by atoms with van der Waals surface area (Å²) in [5.41, 5.74) is 1.06. The topological polar surface area (TPSA) is 79.4 Å². The number of nitrogens with one attached hydrogen (secondary N) is 1. The smallest absolute Gasteiger partial charge is 0.226 e. The monoisotopic (exact) mass is 350 g/mol. The summed E-state index contributed by atoms with van der Waals surface area (Å²) in [7, 11) is 3.80. The van der Waals surface area contributed by atoms with Gasteiger partial charge in [0.15, 0.2) is 11.8 Å². The van der Waals surface area contributed by atoms with E-state index >= 15 is 0 Å². The summed E-state index contributed by atoms with van der Waals surface area (Å²) in [6.45, 7) is 7.67. The van der Waals surface area contributed by atoms with Crippen molar-refractivity contribution < 1.29 is 4.52 Å². The molecule has 0 aliphatic heterocycles. The number of nitrogens with zero attached hydrogens (tertiary/aromatic N) is 5. The van der Waals surface area contributed by atoms with Crippen LogP contribution in [-0.4, -0.2) is 46.6 Å². The fourth-order valence-electron chi connectivity index (χ4n) is 2.23. The molecule has 0 spiro atoms. The first-order valence-electron chi connectivity index (χ1n) is 8.15. The second kappa shape index (κ2) is 8.77. The Kier molecular flexibility index (Phi) is 6.72. The van der Waals surface area contributed by atoms with Crippen molar-refractivity contribution in [1.82, 2.24) is 25.3 Å². The minimum atomic E-state index is 0.294. The van der Waals surface area contributed by atoms with Crippen LogP contribution in [0.25, 0.3) is 0 Å². The van der Waals surface area contributed by atoms with Gasteiger partial charge in [0.05, 0.1) is 17.2 Å². The van der Waals surface area contributed by atoms with Crippen molar-refractivity contribution in [2.45, 2.75) is 46.1 Å². The van der Waals surface area contributed by atoms with Gasteiger partial charge in [0.2, 0.25) is 5.89 Å². The molecule has 7 nitrogen and oxygen atoms in total. The predicted molar refractivity (Wildman–Crippen MR) is 96.4 cm³/mol. The summed E-state index contributed by atoms with van der Waals surface area (Å²) in [6, 6.07) is 0. The van der Waals surface area contributed by atoms with Gasteiger partial charge in [-0.2, -0.15) is 4.98 Å². The molecular weight excluding hydrogens is 324 g/mol. The Morgan fingerprint density at radius 1 is 1.42 bits per heavy atom. The van der Waals surface area contributed by atoms with E-state index in [2.05, 4.69) is 49.6 Å². The molecule has 8 heteroatoms. The van der Waals surface area contributed by atoms with Gasteiger partial charge in [-0.05, 0) is 13.3 Å². The number of aryl methyl sites for hydroxylation is 2. The largest absolute Gasteiger partial charge is 0.356 e. The molecule has 2 heterocycles. The van der Waals surface area contributed by atoms with E-state index in [9.17, 15) is 0 Å². The summed E-state index contributed by atoms with van der Waals surface area (Å²) in [6.07, 6.45) is 1.67. The van der Waals surface area contributed by atoms with Gasteiger partial charge >= 0.3 is 0 Å². The zero-order chi connectivity index (χ0) is 17.5. The molecule has 0 unspecified atom stereocenters. The summed E-state index contributed by atoms with van der Waals surface area (Å²) < 4.78 is 5.25. The summed E-state index contributed by atoms with van der Waals surface area (Å²) in [5, 5.41) is 10.5. The van der Waals surface area contributed by atoms with E-state index in [1.165, 1.54) is 0 Å². The maximum atomic E-state index is 5.25. The van der Waals surface area contributed by atoms with Crippen LogP contribution in [0.1, 0.15) is 48.6 Å². The van der Waals surface area contributed by atoms with Gasteiger partial charge in [0.25, 0.3) is 0 Å². The lowest BCUT2D eigenvalue weighted by Gasteiger charge is -2.21. The molecule has 0 fully saturated rings. The zero-order valence-corrected chi connectivity index (χ0v) is 15.9. The Balaban J connectivity index is 1.74. The van der Waals surface area contributed by atoms with E-state index in [0.29, 0.717) is 11.8 Å². The third-order valence-corrected chi connectivity index (χ3v) is 4.31. The second-order valence-corrected chi connectivity index (χ2v) is 7.05. The molecule has 0 saturated heterocycles. The summed E-state index contributed by atoms with van der Waals surface area (Å²) >= 11 is 1.67. The number of rotatable bonds is 7. The first-order chi connectivity index (χ1) is 11.5. The number of aliphatic imine (C=N–C) groups is 1. The predicted octanol–water partition coefficient (Wildman–Crippen LogP) is 2.60. The molecule has 0 aromatic carbocycles. The Morgan fingerprint density at radius 2 is 2.21 bits per heavy atom. The molecule has 2 rings (SSSR count). The Labute approximate surface area is 147 Å². The van der Waals surface area contributed by atoms with Crippen LogP contribution in [0.4, 0.5) is 0 Å². The van der Waals surface area contributed by atoms with Crippen molar-refractivity contribution in [2.24, 2.45) is 4.99 Å². The van der Waals surface area contributed by atoms with E-state index < -0.39 is 0 Å². The normalized spacial score (nSPS) is 12.0. The van der Waals surface area contributed by atoms with Crippen LogP contribution in [0.3, 0.4) is 0 Å². The highest BCUT2D eigenvalue weighted by molar-refractivity contribution is 7.09. The fourth-order valence-corrected chi connectivity index (χ4v) is 2.83. The Hall–Kier alpha value is -1.96. The zero-order valence-electron chi connectivity index (χ0n) is 15.0. The van der Waals surface area contributed by atoms with Crippen molar-refractivity contribution in [3.63, 3.8) is 0 Å². The highest BCUT2D eigenvalue weighted by atomic mass is 32.1. The molecule has 0 bridgehead atoms. The quantitative estimate of drug-likeness (QED) is 0.470. The lowest BCUT2D eigenvalue weighted by atomic mass is 10.2. The Morgan fingerprint density at radius 3 is 2.79 bits per heavy atom. The second-order valence-electron chi connectivity index (χ2n) is 5.99. The van der Waals surface area contributed by atoms with Crippen LogP contribution in [0.5, 0.6) is 0 Å². The minimum absolute atomic E-state index is 0.294. The van der Waals surface area contributed by atoms with E-state index in [1.807, 2.05) is 14.0 Å². The first-order valence-corrected chi connectivity index (χ1v) is 9.02. The van der Waals surface area contributed by atoms with E-state index in [1.54, 1.807) is 18.4 Å². The number of guanidine groups is 1. The average molecular weight is 350 g/mol. The van der Waals surface area contributed by atoms with Crippen LogP contribution in [-0.2, 0) is 13.0 Å². The maximum absolute atomic E-state index is 5.25. The van der Waals surface area contributed by atoms with Gasteiger partial charge in [0.1, 0.15) is 0 Å². The van der Waals surface area contributed by atoms with Crippen LogP contribution in [0.2, 0.25) is 0 Å². The molecule has 0 atom stereocenters. The molecule has 1 N–H and O–H groups in total. The van der Waals surface area contributed by atoms with Crippen LogP contribution in [0, 0.1) is 6.92 Å². The fraction of sp³-hybridized carbons (Fsp3) is 0.625. The molecule has 0 aliphatic carbocycles. The molecule has 0 amide bonds. The summed E-state index contributed by atoms with van der Waals surface area (Å²) in [4.78, 5) is 15.3. The number of hydrogen-bond acceptors (Lipinski definition) is 6. The van der Waals surface area contributed by atoms with Crippen molar-refractivity contribution in [2.75, 3.05) is 20.6 Å². The van der Waals surface area contributed by atoms with Crippen molar-refractivity contribution >= 4 is 17.3 Å². The molecular formula is C16H26N6OS. The molecule has 132 valence electrons. The minimum Gasteiger partial charge on any atom is -0.356 e. The SMILES string of the molecule is CN=C(NCCCc1nc(C(C)C)no1)N(C)Cc1csc(C)n1. The van der Waals surface area contributed by atoms with E-state index in [4.69, 9.17) is 4.52 Å². The van der Waals surface area contributed by atoms with Crippen molar-refractivity contribution in [3.8, 4) is 0 Å². The lowest BCUT2D eigenvalue weighted by Crippen LogP contribution is -2.39. The van der Waals surface area contributed by atoms with Crippen LogP contribution < -0.4 is 5.32 Å². The molecule has 0 saturated carbocycles. The molecule has 24 heavy (non-hydrogen) atoms. The highest BCUT2D eigenvalue weighted by Gasteiger charge is 2.10. The third-order valence-electron chi connectivity index (χ3n) is 3.49. The molecule has 2 aromatic heterocycles. The first kappa shape index (κ1) is 18.4. The average Bonchev–Trinajstić information content (AvgIpc) is 3.16. The van der Waals surface area contributed by atoms with Gasteiger partial charge in [-0.25, -0.2) is 4.98 Å². The van der Waals surface area contributed by atoms with Gasteiger partial charge in [-0.1, -0.05) is 19.0 Å². The van der Waals surface area contributed by atoms with E-state index in [0.717, 1.165) is 48.4 Å². The molecule has 2 aromatic rings. The molecule has 0 aliphatic rings. The van der Waals surface area contributed by atoms with Gasteiger partial charge in [-0.3, -0.25) is 4.99 Å². The van der Waals surface area contributed by atoms with Gasteiger partial charge < -0.3 is 14.7 Å². The van der Waals surface area contributed by atoms with Gasteiger partial charge in [0, 0.05) is 38.4 Å². The lowest BCUT2D eigenvalue weighted by molar-refractivity contribution is 0.368. The molecule has 0 radical (unpaired) electrons. The van der Waals surface area contributed by atoms with Crippen LogP contribution in [0.15, 0.2) is 14.9 Å². The standard InChI is InChI=1S/C16H26N6OS/c1-11(2)15-20-14(23-21-15)7-6-8-18-16(17-4)22(5)9-13-10-24-12(3)19-13/h10-11H,6-9H2,1-5H3,(H,17,18). The third kappa shape index (κ3) is 5.30. The summed E-state index contributed by atoms with van der Waals surface area (Å²) in [5.74, 6) is 2.62. The van der Waals surface area contributed by atoms with Gasteiger partial charge in [-0.15, -0.1) is 11.3 Å². The number of hydrogen-bond donors (Lipinski definition) is 1.